The van der Waals surface area contributed by atoms with E-state index in [1.807, 2.05) is 20.0 Å². The Kier molecular flexibility index (Phi) is 2.89. The van der Waals surface area contributed by atoms with Crippen LogP contribution in [0.5, 0.6) is 0 Å². The van der Waals surface area contributed by atoms with Crippen LogP contribution < -0.4 is 5.73 Å². The first-order valence-electron chi connectivity index (χ1n) is 4.10. The highest BCUT2D eigenvalue weighted by atomic mass is 16.4. The van der Waals surface area contributed by atoms with Gasteiger partial charge in [-0.3, -0.25) is 4.68 Å². The fourth-order valence-electron chi connectivity index (χ4n) is 1.04. The lowest BCUT2D eigenvalue weighted by Gasteiger charge is -2.08. The van der Waals surface area contributed by atoms with Crippen molar-refractivity contribution in [2.24, 2.45) is 16.8 Å². The molecule has 0 fully saturated rings. The van der Waals surface area contributed by atoms with E-state index in [4.69, 9.17) is 10.9 Å². The summed E-state index contributed by atoms with van der Waals surface area (Å²) >= 11 is 0. The molecular weight excluding hydrogens is 168 g/mol. The van der Waals surface area contributed by atoms with Crippen molar-refractivity contribution in [2.45, 2.75) is 20.4 Å². The number of rotatable bonds is 3. The first-order chi connectivity index (χ1) is 6.13. The van der Waals surface area contributed by atoms with Gasteiger partial charge in [-0.2, -0.15) is 5.10 Å². The Morgan fingerprint density at radius 1 is 1.85 bits per heavy atom. The maximum Gasteiger partial charge on any atom is 0.143 e. The van der Waals surface area contributed by atoms with E-state index < -0.39 is 0 Å². The van der Waals surface area contributed by atoms with Crippen LogP contribution in [-0.4, -0.2) is 20.8 Å². The lowest BCUT2D eigenvalue weighted by molar-refractivity contribution is 0.313. The number of aromatic nitrogens is 2. The number of oxime groups is 1. The van der Waals surface area contributed by atoms with Crippen LogP contribution in [0.2, 0.25) is 0 Å². The topological polar surface area (TPSA) is 76.4 Å². The minimum absolute atomic E-state index is 0.00991. The molecule has 0 bridgehead atoms. The van der Waals surface area contributed by atoms with Gasteiger partial charge in [0.2, 0.25) is 0 Å². The molecule has 0 aliphatic carbocycles. The highest BCUT2D eigenvalue weighted by Gasteiger charge is 2.08. The van der Waals surface area contributed by atoms with Gasteiger partial charge in [0.15, 0.2) is 0 Å². The Bertz CT molecular complexity index is 305. The third-order valence-corrected chi connectivity index (χ3v) is 1.84. The van der Waals surface area contributed by atoms with Crippen LogP contribution >= 0.6 is 0 Å². The number of aryl methyl sites for hydroxylation is 1. The number of nitrogens with zero attached hydrogens (tertiary/aromatic N) is 3. The van der Waals surface area contributed by atoms with E-state index in [0.29, 0.717) is 6.54 Å². The van der Waals surface area contributed by atoms with Crippen molar-refractivity contribution in [2.75, 3.05) is 0 Å². The van der Waals surface area contributed by atoms with Gasteiger partial charge in [0.1, 0.15) is 5.84 Å². The summed E-state index contributed by atoms with van der Waals surface area (Å²) in [6.45, 7) is 4.48. The molecule has 1 aromatic rings. The Morgan fingerprint density at radius 3 is 3.00 bits per heavy atom. The minimum atomic E-state index is -0.00991. The molecule has 5 nitrogen and oxygen atoms in total. The third kappa shape index (κ3) is 2.47. The van der Waals surface area contributed by atoms with Crippen LogP contribution in [0, 0.1) is 12.8 Å². The average Bonchev–Trinajstić information content (AvgIpc) is 2.49. The highest BCUT2D eigenvalue weighted by Crippen LogP contribution is 2.01. The summed E-state index contributed by atoms with van der Waals surface area (Å²) < 4.78 is 1.78. The largest absolute Gasteiger partial charge is 0.409 e. The first-order valence-corrected chi connectivity index (χ1v) is 4.10. The molecule has 0 radical (unpaired) electrons. The molecule has 72 valence electrons. The second-order valence-electron chi connectivity index (χ2n) is 3.17. The molecule has 0 amide bonds. The molecule has 13 heavy (non-hydrogen) atoms. The zero-order valence-electron chi connectivity index (χ0n) is 7.81. The van der Waals surface area contributed by atoms with Gasteiger partial charge in [0.05, 0.1) is 12.7 Å². The van der Waals surface area contributed by atoms with Crippen molar-refractivity contribution in [1.29, 1.82) is 0 Å². The van der Waals surface area contributed by atoms with Gasteiger partial charge in [-0.1, -0.05) is 12.1 Å². The Morgan fingerprint density at radius 2 is 2.54 bits per heavy atom. The summed E-state index contributed by atoms with van der Waals surface area (Å²) in [6.07, 6.45) is 3.69. The van der Waals surface area contributed by atoms with Gasteiger partial charge >= 0.3 is 0 Å². The minimum Gasteiger partial charge on any atom is -0.409 e. The molecule has 3 N–H and O–H groups in total. The zero-order chi connectivity index (χ0) is 9.84. The van der Waals surface area contributed by atoms with Crippen LogP contribution in [0.4, 0.5) is 0 Å². The van der Waals surface area contributed by atoms with Crippen LogP contribution in [0.3, 0.4) is 0 Å². The summed E-state index contributed by atoms with van der Waals surface area (Å²) in [5.74, 6) is 0.220. The quantitative estimate of drug-likeness (QED) is 0.310. The van der Waals surface area contributed by atoms with Gasteiger partial charge in [0, 0.05) is 12.1 Å². The van der Waals surface area contributed by atoms with Crippen molar-refractivity contribution in [3.63, 3.8) is 0 Å². The molecule has 0 aromatic carbocycles. The number of nitrogens with two attached hydrogens (primary N) is 1. The van der Waals surface area contributed by atoms with E-state index in [2.05, 4.69) is 10.3 Å². The summed E-state index contributed by atoms with van der Waals surface area (Å²) in [7, 11) is 0. The normalized spacial score (nSPS) is 14.5. The van der Waals surface area contributed by atoms with Crippen molar-refractivity contribution in [1.82, 2.24) is 9.78 Å². The van der Waals surface area contributed by atoms with E-state index in [1.54, 1.807) is 10.9 Å². The molecule has 1 atom stereocenters. The second-order valence-corrected chi connectivity index (χ2v) is 3.17. The smallest absolute Gasteiger partial charge is 0.143 e. The lowest BCUT2D eigenvalue weighted by atomic mass is 10.1. The number of hydrogen-bond donors (Lipinski definition) is 2. The Balaban J connectivity index is 2.59. The molecule has 0 aliphatic rings. The molecule has 1 rings (SSSR count). The summed E-state index contributed by atoms with van der Waals surface area (Å²) in [5, 5.41) is 15.5. The molecule has 1 heterocycles. The molecule has 0 spiro atoms. The lowest BCUT2D eigenvalue weighted by Crippen LogP contribution is -2.25. The maximum absolute atomic E-state index is 8.42. The molecule has 5 heteroatoms. The van der Waals surface area contributed by atoms with Crippen molar-refractivity contribution in [3.8, 4) is 0 Å². The van der Waals surface area contributed by atoms with E-state index >= 15 is 0 Å². The standard InChI is InChI=1S/C8H14N4O/c1-6-3-10-12(4-6)5-7(2)8(9)11-13/h3-4,7,13H,5H2,1-2H3,(H2,9,11)/t7-/m1/s1. The van der Waals surface area contributed by atoms with Gasteiger partial charge in [-0.05, 0) is 12.5 Å². The van der Waals surface area contributed by atoms with E-state index in [0.717, 1.165) is 5.56 Å². The molecule has 0 unspecified atom stereocenters. The predicted octanol–water partition coefficient (Wildman–Crippen LogP) is 0.574. The molecule has 0 saturated carbocycles. The monoisotopic (exact) mass is 182 g/mol. The molecule has 0 saturated heterocycles. The summed E-state index contributed by atoms with van der Waals surface area (Å²) in [5.41, 5.74) is 6.53. The molecular formula is C8H14N4O. The van der Waals surface area contributed by atoms with Gasteiger partial charge in [-0.25, -0.2) is 0 Å². The molecule has 1 aromatic heterocycles. The van der Waals surface area contributed by atoms with Crippen LogP contribution in [0.25, 0.3) is 0 Å². The average molecular weight is 182 g/mol. The first kappa shape index (κ1) is 9.57. The van der Waals surface area contributed by atoms with Crippen LogP contribution in [0.15, 0.2) is 17.5 Å². The van der Waals surface area contributed by atoms with Gasteiger partial charge in [-0.15, -0.1) is 0 Å². The van der Waals surface area contributed by atoms with Crippen molar-refractivity contribution >= 4 is 5.84 Å². The van der Waals surface area contributed by atoms with Gasteiger partial charge in [0.25, 0.3) is 0 Å². The fourth-order valence-corrected chi connectivity index (χ4v) is 1.04. The zero-order valence-corrected chi connectivity index (χ0v) is 7.81. The summed E-state index contributed by atoms with van der Waals surface area (Å²) in [4.78, 5) is 0. The van der Waals surface area contributed by atoms with Crippen LogP contribution in [0.1, 0.15) is 12.5 Å². The molecule has 0 aliphatic heterocycles. The predicted molar refractivity (Wildman–Crippen MR) is 49.5 cm³/mol. The fraction of sp³-hybridized carbons (Fsp3) is 0.500. The Hall–Kier alpha value is -1.52. The van der Waals surface area contributed by atoms with Crippen molar-refractivity contribution in [3.05, 3.63) is 18.0 Å². The van der Waals surface area contributed by atoms with Crippen LogP contribution in [-0.2, 0) is 6.54 Å². The van der Waals surface area contributed by atoms with E-state index in [1.165, 1.54) is 0 Å². The van der Waals surface area contributed by atoms with Crippen molar-refractivity contribution < 1.29 is 5.21 Å². The maximum atomic E-state index is 8.42. The SMILES string of the molecule is Cc1cnn(C[C@@H](C)/C(N)=N/O)c1. The third-order valence-electron chi connectivity index (χ3n) is 1.84. The Labute approximate surface area is 76.8 Å². The van der Waals surface area contributed by atoms with E-state index in [9.17, 15) is 0 Å². The second kappa shape index (κ2) is 3.93. The van der Waals surface area contributed by atoms with Gasteiger partial charge < -0.3 is 10.9 Å². The number of hydrogen-bond acceptors (Lipinski definition) is 3. The highest BCUT2D eigenvalue weighted by molar-refractivity contribution is 5.81. The summed E-state index contributed by atoms with van der Waals surface area (Å²) in [6, 6.07) is 0. The van der Waals surface area contributed by atoms with E-state index in [-0.39, 0.29) is 11.8 Å². The number of amidine groups is 1.